The van der Waals surface area contributed by atoms with Gasteiger partial charge in [0.2, 0.25) is 0 Å². The minimum atomic E-state index is -0.870. The fourth-order valence-electron chi connectivity index (χ4n) is 1.45. The Bertz CT molecular complexity index is 434. The third-order valence-electron chi connectivity index (χ3n) is 2.46. The van der Waals surface area contributed by atoms with Gasteiger partial charge < -0.3 is 16.2 Å². The molecule has 1 unspecified atom stereocenters. The Kier molecular flexibility index (Phi) is 5.26. The minimum Gasteiger partial charge on any atom is -0.481 e. The van der Waals surface area contributed by atoms with E-state index in [0.717, 1.165) is 0 Å². The number of hydrogen-bond donors (Lipinski definition) is 3. The molecule has 0 saturated heterocycles. The third-order valence-corrected chi connectivity index (χ3v) is 2.46. The molecule has 4 N–H and O–H groups in total. The zero-order chi connectivity index (χ0) is 13.5. The molecular formula is C12H17N3O3. The van der Waals surface area contributed by atoms with Crippen LogP contribution in [-0.4, -0.2) is 28.0 Å². The van der Waals surface area contributed by atoms with Crippen LogP contribution in [0.4, 0.5) is 0 Å². The van der Waals surface area contributed by atoms with Gasteiger partial charge in [0.1, 0.15) is 0 Å². The topological polar surface area (TPSA) is 105 Å². The Morgan fingerprint density at radius 3 is 2.89 bits per heavy atom. The Hall–Kier alpha value is -1.95. The smallest absolute Gasteiger partial charge is 0.303 e. The number of amides is 1. The van der Waals surface area contributed by atoms with Crippen LogP contribution in [0.5, 0.6) is 0 Å². The zero-order valence-electron chi connectivity index (χ0n) is 10.2. The van der Waals surface area contributed by atoms with Crippen molar-refractivity contribution < 1.29 is 14.7 Å². The number of nitrogens with zero attached hydrogens (tertiary/aromatic N) is 1. The van der Waals surface area contributed by atoms with E-state index in [-0.39, 0.29) is 24.9 Å². The first-order valence-corrected chi connectivity index (χ1v) is 5.70. The number of rotatable bonds is 6. The Balaban J connectivity index is 2.56. The molecule has 1 atom stereocenters. The van der Waals surface area contributed by atoms with Gasteiger partial charge in [-0.05, 0) is 25.5 Å². The van der Waals surface area contributed by atoms with E-state index < -0.39 is 5.97 Å². The number of nitrogens with two attached hydrogens (primary N) is 1. The molecule has 18 heavy (non-hydrogen) atoms. The van der Waals surface area contributed by atoms with Crippen molar-refractivity contribution in [2.45, 2.75) is 32.4 Å². The largest absolute Gasteiger partial charge is 0.481 e. The Morgan fingerprint density at radius 2 is 2.28 bits per heavy atom. The van der Waals surface area contributed by atoms with Crippen LogP contribution in [0.2, 0.25) is 0 Å². The molecule has 0 radical (unpaired) electrons. The zero-order valence-corrected chi connectivity index (χ0v) is 10.2. The summed E-state index contributed by atoms with van der Waals surface area (Å²) in [7, 11) is 0. The summed E-state index contributed by atoms with van der Waals surface area (Å²) in [6.07, 6.45) is 1.96. The number of hydrogen-bond acceptors (Lipinski definition) is 4. The molecule has 1 heterocycles. The van der Waals surface area contributed by atoms with Crippen LogP contribution in [0.15, 0.2) is 18.3 Å². The molecular weight excluding hydrogens is 234 g/mol. The average molecular weight is 251 g/mol. The molecule has 0 aliphatic rings. The predicted octanol–water partition coefficient (Wildman–Crippen LogP) is 0.523. The molecule has 0 aliphatic carbocycles. The molecule has 1 aromatic rings. The van der Waals surface area contributed by atoms with Gasteiger partial charge in [-0.25, -0.2) is 0 Å². The van der Waals surface area contributed by atoms with Crippen molar-refractivity contribution in [3.63, 3.8) is 0 Å². The lowest BCUT2D eigenvalue weighted by Gasteiger charge is -2.12. The van der Waals surface area contributed by atoms with E-state index in [1.165, 1.54) is 6.20 Å². The summed E-state index contributed by atoms with van der Waals surface area (Å²) < 4.78 is 0. The van der Waals surface area contributed by atoms with Crippen molar-refractivity contribution in [1.82, 2.24) is 10.3 Å². The van der Waals surface area contributed by atoms with E-state index in [9.17, 15) is 9.59 Å². The lowest BCUT2D eigenvalue weighted by Crippen LogP contribution is -2.33. The number of carboxylic acid groups (broad SMARTS) is 1. The van der Waals surface area contributed by atoms with Gasteiger partial charge in [-0.1, -0.05) is 0 Å². The lowest BCUT2D eigenvalue weighted by atomic mass is 10.1. The molecule has 1 rings (SSSR count). The molecule has 6 heteroatoms. The molecule has 0 aromatic carbocycles. The monoisotopic (exact) mass is 251 g/mol. The van der Waals surface area contributed by atoms with Crippen molar-refractivity contribution in [3.05, 3.63) is 29.6 Å². The first-order chi connectivity index (χ1) is 8.52. The van der Waals surface area contributed by atoms with Crippen molar-refractivity contribution in [2.24, 2.45) is 5.73 Å². The highest BCUT2D eigenvalue weighted by atomic mass is 16.4. The van der Waals surface area contributed by atoms with Gasteiger partial charge >= 0.3 is 5.97 Å². The fourth-order valence-corrected chi connectivity index (χ4v) is 1.45. The van der Waals surface area contributed by atoms with Crippen LogP contribution in [-0.2, 0) is 11.3 Å². The van der Waals surface area contributed by atoms with E-state index in [0.29, 0.717) is 17.7 Å². The SMILES string of the molecule is CC(CCC(=O)O)NC(=O)c1ccnc(CN)c1. The molecule has 0 spiro atoms. The minimum absolute atomic E-state index is 0.0336. The number of pyridine rings is 1. The summed E-state index contributed by atoms with van der Waals surface area (Å²) >= 11 is 0. The van der Waals surface area contributed by atoms with E-state index >= 15 is 0 Å². The molecule has 6 nitrogen and oxygen atoms in total. The van der Waals surface area contributed by atoms with Gasteiger partial charge in [0.05, 0.1) is 5.69 Å². The number of carbonyl (C=O) groups excluding carboxylic acids is 1. The van der Waals surface area contributed by atoms with Gasteiger partial charge in [-0.15, -0.1) is 0 Å². The van der Waals surface area contributed by atoms with Crippen LogP contribution in [0.3, 0.4) is 0 Å². The van der Waals surface area contributed by atoms with E-state index in [1.54, 1.807) is 19.1 Å². The normalized spacial score (nSPS) is 11.9. The number of aliphatic carboxylic acids is 1. The van der Waals surface area contributed by atoms with Crippen LogP contribution in [0.1, 0.15) is 35.8 Å². The highest BCUT2D eigenvalue weighted by Crippen LogP contribution is 2.03. The van der Waals surface area contributed by atoms with Gasteiger partial charge in [0.15, 0.2) is 0 Å². The molecule has 1 aromatic heterocycles. The number of carbonyl (C=O) groups is 2. The maximum atomic E-state index is 11.8. The van der Waals surface area contributed by atoms with E-state index in [1.807, 2.05) is 0 Å². The molecule has 0 bridgehead atoms. The van der Waals surface area contributed by atoms with Crippen LogP contribution in [0.25, 0.3) is 0 Å². The summed E-state index contributed by atoms with van der Waals surface area (Å²) in [4.78, 5) is 26.2. The standard InChI is InChI=1S/C12H17N3O3/c1-8(2-3-11(16)17)15-12(18)9-4-5-14-10(6-9)7-13/h4-6,8H,2-3,7,13H2,1H3,(H,15,18)(H,16,17). The molecule has 1 amide bonds. The van der Waals surface area contributed by atoms with Crippen molar-refractivity contribution in [2.75, 3.05) is 0 Å². The highest BCUT2D eigenvalue weighted by Gasteiger charge is 2.11. The molecule has 0 saturated carbocycles. The van der Waals surface area contributed by atoms with Crippen LogP contribution in [0, 0.1) is 0 Å². The van der Waals surface area contributed by atoms with Crippen molar-refractivity contribution in [1.29, 1.82) is 0 Å². The summed E-state index contributed by atoms with van der Waals surface area (Å²) in [5.41, 5.74) is 6.56. The highest BCUT2D eigenvalue weighted by molar-refractivity contribution is 5.94. The van der Waals surface area contributed by atoms with Crippen LogP contribution >= 0.6 is 0 Å². The summed E-state index contributed by atoms with van der Waals surface area (Å²) in [6, 6.07) is 3.03. The maximum absolute atomic E-state index is 11.8. The Labute approximate surface area is 105 Å². The fraction of sp³-hybridized carbons (Fsp3) is 0.417. The van der Waals surface area contributed by atoms with E-state index in [2.05, 4.69) is 10.3 Å². The summed E-state index contributed by atoms with van der Waals surface area (Å²) in [6.45, 7) is 2.04. The molecule has 98 valence electrons. The number of aromatic nitrogens is 1. The van der Waals surface area contributed by atoms with E-state index in [4.69, 9.17) is 10.8 Å². The van der Waals surface area contributed by atoms with Gasteiger partial charge in [0.25, 0.3) is 5.91 Å². The number of nitrogens with one attached hydrogen (secondary N) is 1. The second-order valence-corrected chi connectivity index (χ2v) is 4.05. The molecule has 0 aliphatic heterocycles. The summed E-state index contributed by atoms with van der Waals surface area (Å²) in [5.74, 6) is -1.12. The third kappa shape index (κ3) is 4.50. The van der Waals surface area contributed by atoms with Crippen molar-refractivity contribution >= 4 is 11.9 Å². The summed E-state index contributed by atoms with van der Waals surface area (Å²) in [5, 5.41) is 11.3. The Morgan fingerprint density at radius 1 is 1.56 bits per heavy atom. The predicted molar refractivity (Wildman–Crippen MR) is 65.9 cm³/mol. The molecule has 0 fully saturated rings. The quantitative estimate of drug-likeness (QED) is 0.683. The van der Waals surface area contributed by atoms with Gasteiger partial charge in [-0.2, -0.15) is 0 Å². The second kappa shape index (κ2) is 6.70. The average Bonchev–Trinajstić information content (AvgIpc) is 2.36. The van der Waals surface area contributed by atoms with Gasteiger partial charge in [-0.3, -0.25) is 14.6 Å². The lowest BCUT2D eigenvalue weighted by molar-refractivity contribution is -0.137. The number of carboxylic acids is 1. The maximum Gasteiger partial charge on any atom is 0.303 e. The van der Waals surface area contributed by atoms with Crippen LogP contribution < -0.4 is 11.1 Å². The second-order valence-electron chi connectivity index (χ2n) is 4.05. The van der Waals surface area contributed by atoms with Crippen molar-refractivity contribution in [3.8, 4) is 0 Å². The first-order valence-electron chi connectivity index (χ1n) is 5.70. The van der Waals surface area contributed by atoms with Gasteiger partial charge in [0, 0.05) is 30.8 Å². The first kappa shape index (κ1) is 14.1.